The van der Waals surface area contributed by atoms with Crippen LogP contribution in [0, 0.1) is 0 Å². The summed E-state index contributed by atoms with van der Waals surface area (Å²) in [6.07, 6.45) is 5.94. The molecular formula is C19H31N7. The van der Waals surface area contributed by atoms with Gasteiger partial charge in [-0.1, -0.05) is 12.5 Å². The zero-order chi connectivity index (χ0) is 18.4. The van der Waals surface area contributed by atoms with Crippen LogP contribution in [0.2, 0.25) is 0 Å². The minimum absolute atomic E-state index is 0.489. The van der Waals surface area contributed by atoms with Crippen molar-refractivity contribution in [2.75, 3.05) is 19.6 Å². The van der Waals surface area contributed by atoms with E-state index in [1.165, 1.54) is 25.8 Å². The molecule has 0 aromatic carbocycles. The molecule has 1 saturated heterocycles. The van der Waals surface area contributed by atoms with Crippen LogP contribution >= 0.6 is 0 Å². The Balaban J connectivity index is 1.60. The summed E-state index contributed by atoms with van der Waals surface area (Å²) in [6, 6.07) is 7.05. The van der Waals surface area contributed by atoms with E-state index in [9.17, 15) is 0 Å². The summed E-state index contributed by atoms with van der Waals surface area (Å²) in [4.78, 5) is 7.30. The Hall–Kier alpha value is -2.15. The zero-order valence-corrected chi connectivity index (χ0v) is 16.1. The number of likely N-dealkylation sites (tertiary alicyclic amines) is 1. The van der Waals surface area contributed by atoms with Gasteiger partial charge in [-0.3, -0.25) is 9.30 Å². The molecule has 26 heavy (non-hydrogen) atoms. The minimum Gasteiger partial charge on any atom is -0.357 e. The van der Waals surface area contributed by atoms with Gasteiger partial charge in [-0.15, -0.1) is 10.2 Å². The predicted octanol–water partition coefficient (Wildman–Crippen LogP) is 2.05. The van der Waals surface area contributed by atoms with E-state index in [0.29, 0.717) is 18.6 Å². The number of fused-ring (bicyclic) bond motifs is 1. The number of piperidine rings is 1. The van der Waals surface area contributed by atoms with Crippen molar-refractivity contribution < 1.29 is 0 Å². The molecule has 2 atom stereocenters. The highest BCUT2D eigenvalue weighted by Crippen LogP contribution is 2.18. The first-order valence-corrected chi connectivity index (χ1v) is 9.75. The fourth-order valence-corrected chi connectivity index (χ4v) is 3.63. The maximum Gasteiger partial charge on any atom is 0.191 e. The summed E-state index contributed by atoms with van der Waals surface area (Å²) in [5, 5.41) is 15.2. The van der Waals surface area contributed by atoms with Crippen molar-refractivity contribution in [1.82, 2.24) is 30.1 Å². The minimum atomic E-state index is 0.489. The molecule has 0 spiro atoms. The number of rotatable bonds is 6. The van der Waals surface area contributed by atoms with Crippen molar-refractivity contribution in [2.45, 2.75) is 58.7 Å². The maximum absolute atomic E-state index is 4.69. The summed E-state index contributed by atoms with van der Waals surface area (Å²) in [7, 11) is 0. The van der Waals surface area contributed by atoms with Crippen molar-refractivity contribution in [3.8, 4) is 0 Å². The molecule has 3 heterocycles. The van der Waals surface area contributed by atoms with Gasteiger partial charge in [0.2, 0.25) is 0 Å². The topological polar surface area (TPSA) is 69.8 Å². The van der Waals surface area contributed by atoms with E-state index in [1.54, 1.807) is 0 Å². The molecule has 1 aliphatic rings. The van der Waals surface area contributed by atoms with E-state index in [2.05, 4.69) is 46.5 Å². The van der Waals surface area contributed by atoms with E-state index in [4.69, 9.17) is 4.99 Å². The standard InChI is InChI=1S/C19H31N7/c1-4-20-19(21-13-16(3)25-11-7-5-9-15(25)2)22-14-18-24-23-17-10-6-8-12-26(17)18/h6,8,10,12,15-16H,4-5,7,9,11,13-14H2,1-3H3,(H2,20,21,22). The summed E-state index contributed by atoms with van der Waals surface area (Å²) in [5.74, 6) is 1.67. The van der Waals surface area contributed by atoms with Gasteiger partial charge in [-0.2, -0.15) is 0 Å². The molecular weight excluding hydrogens is 326 g/mol. The Morgan fingerprint density at radius 1 is 1.31 bits per heavy atom. The van der Waals surface area contributed by atoms with Crippen molar-refractivity contribution >= 4 is 11.6 Å². The van der Waals surface area contributed by atoms with Crippen LogP contribution in [0.5, 0.6) is 0 Å². The first kappa shape index (κ1) is 18.6. The molecule has 2 unspecified atom stereocenters. The van der Waals surface area contributed by atoms with Gasteiger partial charge in [0.25, 0.3) is 0 Å². The van der Waals surface area contributed by atoms with Gasteiger partial charge >= 0.3 is 0 Å². The molecule has 0 bridgehead atoms. The average Bonchev–Trinajstić information content (AvgIpc) is 3.07. The number of nitrogens with one attached hydrogen (secondary N) is 2. The number of aliphatic imine (C=N–C) groups is 1. The molecule has 142 valence electrons. The molecule has 7 heteroatoms. The van der Waals surface area contributed by atoms with Crippen LogP contribution in [0.25, 0.3) is 5.65 Å². The van der Waals surface area contributed by atoms with Crippen LogP contribution in [0.3, 0.4) is 0 Å². The predicted molar refractivity (Wildman–Crippen MR) is 105 cm³/mol. The lowest BCUT2D eigenvalue weighted by atomic mass is 10.0. The van der Waals surface area contributed by atoms with Crippen molar-refractivity contribution in [3.63, 3.8) is 0 Å². The summed E-state index contributed by atoms with van der Waals surface area (Å²) in [5.41, 5.74) is 0.850. The number of aromatic nitrogens is 3. The molecule has 0 radical (unpaired) electrons. The number of nitrogens with zero attached hydrogens (tertiary/aromatic N) is 5. The quantitative estimate of drug-likeness (QED) is 0.612. The summed E-state index contributed by atoms with van der Waals surface area (Å²) >= 11 is 0. The Kier molecular flexibility index (Phi) is 6.44. The monoisotopic (exact) mass is 357 g/mol. The molecule has 3 rings (SSSR count). The van der Waals surface area contributed by atoms with Gasteiger partial charge in [0.05, 0.1) is 0 Å². The molecule has 2 aromatic heterocycles. The van der Waals surface area contributed by atoms with Crippen LogP contribution in [0.1, 0.15) is 45.9 Å². The second-order valence-corrected chi connectivity index (χ2v) is 7.05. The van der Waals surface area contributed by atoms with Crippen LogP contribution in [0.15, 0.2) is 29.4 Å². The van der Waals surface area contributed by atoms with Crippen molar-refractivity contribution in [3.05, 3.63) is 30.2 Å². The van der Waals surface area contributed by atoms with Gasteiger partial charge in [0, 0.05) is 31.4 Å². The number of hydrogen-bond acceptors (Lipinski definition) is 4. The molecule has 2 aromatic rings. The lowest BCUT2D eigenvalue weighted by Crippen LogP contribution is -2.50. The normalized spacial score (nSPS) is 20.3. The molecule has 1 fully saturated rings. The van der Waals surface area contributed by atoms with Crippen LogP contribution in [-0.2, 0) is 6.54 Å². The fraction of sp³-hybridized carbons (Fsp3) is 0.632. The van der Waals surface area contributed by atoms with Crippen LogP contribution in [0.4, 0.5) is 0 Å². The largest absolute Gasteiger partial charge is 0.357 e. The number of pyridine rings is 1. The highest BCUT2D eigenvalue weighted by molar-refractivity contribution is 5.79. The van der Waals surface area contributed by atoms with Gasteiger partial charge in [-0.05, 0) is 52.3 Å². The molecule has 0 saturated carbocycles. The van der Waals surface area contributed by atoms with E-state index >= 15 is 0 Å². The lowest BCUT2D eigenvalue weighted by Gasteiger charge is -2.38. The Bertz CT molecular complexity index is 724. The van der Waals surface area contributed by atoms with Gasteiger partial charge < -0.3 is 10.6 Å². The van der Waals surface area contributed by atoms with E-state index in [1.807, 2.05) is 28.8 Å². The van der Waals surface area contributed by atoms with Crippen molar-refractivity contribution in [2.24, 2.45) is 4.99 Å². The van der Waals surface area contributed by atoms with Gasteiger partial charge in [0.15, 0.2) is 17.4 Å². The Labute approximate surface area is 155 Å². The first-order valence-electron chi connectivity index (χ1n) is 9.75. The third-order valence-electron chi connectivity index (χ3n) is 5.09. The third-order valence-corrected chi connectivity index (χ3v) is 5.09. The van der Waals surface area contributed by atoms with E-state index in [-0.39, 0.29) is 0 Å². The van der Waals surface area contributed by atoms with Gasteiger partial charge in [0.1, 0.15) is 6.54 Å². The smallest absolute Gasteiger partial charge is 0.191 e. The summed E-state index contributed by atoms with van der Waals surface area (Å²) in [6.45, 7) is 10.1. The maximum atomic E-state index is 4.69. The van der Waals surface area contributed by atoms with E-state index in [0.717, 1.165) is 30.5 Å². The molecule has 7 nitrogen and oxygen atoms in total. The highest BCUT2D eigenvalue weighted by atomic mass is 15.3. The first-order chi connectivity index (χ1) is 12.7. The molecule has 1 aliphatic heterocycles. The van der Waals surface area contributed by atoms with E-state index < -0.39 is 0 Å². The third kappa shape index (κ3) is 4.52. The molecule has 2 N–H and O–H groups in total. The number of guanidine groups is 1. The zero-order valence-electron chi connectivity index (χ0n) is 16.1. The average molecular weight is 358 g/mol. The highest BCUT2D eigenvalue weighted by Gasteiger charge is 2.22. The fourth-order valence-electron chi connectivity index (χ4n) is 3.63. The second-order valence-electron chi connectivity index (χ2n) is 7.05. The SMILES string of the molecule is CCNC(=NCc1nnc2ccccn12)NCC(C)N1CCCCC1C. The second kappa shape index (κ2) is 8.98. The Morgan fingerprint density at radius 2 is 2.19 bits per heavy atom. The summed E-state index contributed by atoms with van der Waals surface area (Å²) < 4.78 is 1.98. The van der Waals surface area contributed by atoms with Gasteiger partial charge in [-0.25, -0.2) is 4.99 Å². The van der Waals surface area contributed by atoms with Crippen molar-refractivity contribution in [1.29, 1.82) is 0 Å². The van der Waals surface area contributed by atoms with Crippen LogP contribution < -0.4 is 10.6 Å². The molecule has 0 aliphatic carbocycles. The Morgan fingerprint density at radius 3 is 3.00 bits per heavy atom. The van der Waals surface area contributed by atoms with Crippen LogP contribution in [-0.4, -0.2) is 57.2 Å². The lowest BCUT2D eigenvalue weighted by molar-refractivity contribution is 0.115. The molecule has 0 amide bonds. The number of hydrogen-bond donors (Lipinski definition) is 2.